The van der Waals surface area contributed by atoms with Crippen LogP contribution >= 0.6 is 12.4 Å². The number of benzene rings is 1. The van der Waals surface area contributed by atoms with Gasteiger partial charge in [0.25, 0.3) is 5.91 Å². The van der Waals surface area contributed by atoms with E-state index in [-0.39, 0.29) is 28.8 Å². The van der Waals surface area contributed by atoms with Gasteiger partial charge >= 0.3 is 0 Å². The third kappa shape index (κ3) is 3.89. The summed E-state index contributed by atoms with van der Waals surface area (Å²) in [6, 6.07) is 6.47. The fraction of sp³-hybridized carbons (Fsp3) is 0.533. The first kappa shape index (κ1) is 19.1. The highest BCUT2D eigenvalue weighted by molar-refractivity contribution is 7.89. The van der Waals surface area contributed by atoms with Crippen molar-refractivity contribution in [3.8, 4) is 0 Å². The van der Waals surface area contributed by atoms with Crippen molar-refractivity contribution in [1.29, 1.82) is 0 Å². The molecule has 0 aliphatic carbocycles. The number of nitrogens with one attached hydrogen (secondary N) is 1. The van der Waals surface area contributed by atoms with Gasteiger partial charge in [0.2, 0.25) is 10.0 Å². The molecule has 1 aromatic rings. The van der Waals surface area contributed by atoms with E-state index in [4.69, 9.17) is 4.74 Å². The Kier molecular flexibility index (Phi) is 6.59. The fourth-order valence-corrected chi connectivity index (χ4v) is 4.42. The first-order chi connectivity index (χ1) is 11.1. The largest absolute Gasteiger partial charge is 0.379 e. The van der Waals surface area contributed by atoms with Gasteiger partial charge in [-0.2, -0.15) is 4.31 Å². The maximum absolute atomic E-state index is 12.9. The van der Waals surface area contributed by atoms with E-state index in [2.05, 4.69) is 5.32 Å². The van der Waals surface area contributed by atoms with Crippen LogP contribution < -0.4 is 5.32 Å². The van der Waals surface area contributed by atoms with Gasteiger partial charge in [-0.3, -0.25) is 4.79 Å². The van der Waals surface area contributed by atoms with E-state index >= 15 is 0 Å². The van der Waals surface area contributed by atoms with E-state index in [1.165, 1.54) is 10.4 Å². The Morgan fingerprint density at radius 3 is 2.33 bits per heavy atom. The minimum absolute atomic E-state index is 0. The van der Waals surface area contributed by atoms with Gasteiger partial charge in [0.15, 0.2) is 0 Å². The molecule has 0 unspecified atom stereocenters. The molecule has 1 aromatic carbocycles. The Bertz CT molecular complexity index is 671. The Hall–Kier alpha value is -1.19. The Balaban J connectivity index is 0.00000208. The molecule has 3 rings (SSSR count). The van der Waals surface area contributed by atoms with Crippen LogP contribution in [0.15, 0.2) is 29.2 Å². The predicted molar refractivity (Wildman–Crippen MR) is 92.0 cm³/mol. The molecule has 2 aliphatic heterocycles. The molecule has 2 saturated heterocycles. The smallest absolute Gasteiger partial charge is 0.255 e. The maximum atomic E-state index is 12.9. The number of morpholine rings is 1. The van der Waals surface area contributed by atoms with Gasteiger partial charge in [0, 0.05) is 39.3 Å². The summed E-state index contributed by atoms with van der Waals surface area (Å²) >= 11 is 0. The van der Waals surface area contributed by atoms with Gasteiger partial charge in [-0.1, -0.05) is 12.1 Å². The second-order valence-electron chi connectivity index (χ2n) is 5.55. The van der Waals surface area contributed by atoms with Crippen molar-refractivity contribution in [1.82, 2.24) is 14.5 Å². The summed E-state index contributed by atoms with van der Waals surface area (Å²) in [7, 11) is -3.69. The molecule has 0 spiro atoms. The molecule has 0 atom stereocenters. The molecule has 0 bridgehead atoms. The zero-order valence-corrected chi connectivity index (χ0v) is 14.9. The van der Waals surface area contributed by atoms with Crippen molar-refractivity contribution in [2.45, 2.75) is 4.90 Å². The van der Waals surface area contributed by atoms with Crippen LogP contribution in [0.1, 0.15) is 10.4 Å². The molecular weight excluding hydrogens is 354 g/mol. The molecule has 2 heterocycles. The number of piperazine rings is 1. The average molecular weight is 376 g/mol. The monoisotopic (exact) mass is 375 g/mol. The molecule has 0 aromatic heterocycles. The van der Waals surface area contributed by atoms with Crippen molar-refractivity contribution in [3.63, 3.8) is 0 Å². The van der Waals surface area contributed by atoms with E-state index in [0.717, 1.165) is 13.1 Å². The van der Waals surface area contributed by atoms with Gasteiger partial charge in [0.1, 0.15) is 0 Å². The number of carbonyl (C=O) groups is 1. The highest BCUT2D eigenvalue weighted by Gasteiger charge is 2.31. The van der Waals surface area contributed by atoms with Gasteiger partial charge in [-0.25, -0.2) is 8.42 Å². The van der Waals surface area contributed by atoms with Crippen LogP contribution in [0.2, 0.25) is 0 Å². The molecule has 0 radical (unpaired) electrons. The molecule has 0 saturated carbocycles. The molecule has 134 valence electrons. The number of halogens is 1. The van der Waals surface area contributed by atoms with Crippen molar-refractivity contribution >= 4 is 28.3 Å². The number of rotatable bonds is 3. The summed E-state index contributed by atoms with van der Waals surface area (Å²) in [6.07, 6.45) is 0. The molecule has 2 fully saturated rings. The van der Waals surface area contributed by atoms with E-state index in [1.54, 1.807) is 23.1 Å². The van der Waals surface area contributed by atoms with Crippen molar-refractivity contribution < 1.29 is 17.9 Å². The van der Waals surface area contributed by atoms with Crippen molar-refractivity contribution in [3.05, 3.63) is 29.8 Å². The molecular formula is C15H22ClN3O4S. The van der Waals surface area contributed by atoms with Crippen LogP contribution in [-0.2, 0) is 14.8 Å². The van der Waals surface area contributed by atoms with E-state index in [0.29, 0.717) is 39.4 Å². The number of sulfonamides is 1. The minimum atomic E-state index is -3.69. The number of amides is 1. The van der Waals surface area contributed by atoms with Crippen molar-refractivity contribution in [2.24, 2.45) is 0 Å². The summed E-state index contributed by atoms with van der Waals surface area (Å²) in [6.45, 7) is 4.03. The molecule has 1 N–H and O–H groups in total. The predicted octanol–water partition coefficient (Wildman–Crippen LogP) is 0.175. The highest BCUT2D eigenvalue weighted by atomic mass is 35.5. The number of carbonyl (C=O) groups excluding carboxylic acids is 1. The van der Waals surface area contributed by atoms with Crippen LogP contribution in [-0.4, -0.2) is 76.0 Å². The van der Waals surface area contributed by atoms with Gasteiger partial charge in [-0.05, 0) is 12.1 Å². The van der Waals surface area contributed by atoms with Crippen LogP contribution in [0, 0.1) is 0 Å². The van der Waals surface area contributed by atoms with Crippen LogP contribution in [0.3, 0.4) is 0 Å². The summed E-state index contributed by atoms with van der Waals surface area (Å²) in [5, 5.41) is 3.18. The van der Waals surface area contributed by atoms with Crippen LogP contribution in [0.5, 0.6) is 0 Å². The first-order valence-corrected chi connectivity index (χ1v) is 9.21. The zero-order chi connectivity index (χ0) is 16.3. The summed E-state index contributed by atoms with van der Waals surface area (Å²) < 4.78 is 32.4. The SMILES string of the molecule is Cl.O=C(c1ccccc1S(=O)(=O)N1CCOCC1)N1CCNCC1. The Morgan fingerprint density at radius 2 is 1.67 bits per heavy atom. The molecule has 1 amide bonds. The van der Waals surface area contributed by atoms with E-state index in [9.17, 15) is 13.2 Å². The third-order valence-corrected chi connectivity index (χ3v) is 6.07. The lowest BCUT2D eigenvalue weighted by atomic mass is 10.2. The average Bonchev–Trinajstić information content (AvgIpc) is 2.62. The zero-order valence-electron chi connectivity index (χ0n) is 13.3. The number of nitrogens with zero attached hydrogens (tertiary/aromatic N) is 2. The Labute approximate surface area is 148 Å². The minimum Gasteiger partial charge on any atom is -0.379 e. The van der Waals surface area contributed by atoms with Gasteiger partial charge < -0.3 is 15.0 Å². The van der Waals surface area contributed by atoms with Crippen LogP contribution in [0.4, 0.5) is 0 Å². The lowest BCUT2D eigenvalue weighted by Gasteiger charge is -2.30. The van der Waals surface area contributed by atoms with Gasteiger partial charge in [0.05, 0.1) is 23.7 Å². The highest BCUT2D eigenvalue weighted by Crippen LogP contribution is 2.22. The van der Waals surface area contributed by atoms with E-state index < -0.39 is 10.0 Å². The molecule has 2 aliphatic rings. The number of hydrogen-bond acceptors (Lipinski definition) is 5. The fourth-order valence-electron chi connectivity index (χ4n) is 2.83. The second-order valence-corrected chi connectivity index (χ2v) is 7.46. The topological polar surface area (TPSA) is 79.0 Å². The lowest BCUT2D eigenvalue weighted by molar-refractivity contribution is 0.0718. The molecule has 7 nitrogen and oxygen atoms in total. The third-order valence-electron chi connectivity index (χ3n) is 4.11. The molecule has 9 heteroatoms. The van der Waals surface area contributed by atoms with Gasteiger partial charge in [-0.15, -0.1) is 12.4 Å². The van der Waals surface area contributed by atoms with Crippen molar-refractivity contribution in [2.75, 3.05) is 52.5 Å². The number of ether oxygens (including phenoxy) is 1. The summed E-state index contributed by atoms with van der Waals surface area (Å²) in [5.41, 5.74) is 0.251. The summed E-state index contributed by atoms with van der Waals surface area (Å²) in [4.78, 5) is 14.5. The summed E-state index contributed by atoms with van der Waals surface area (Å²) in [5.74, 6) is -0.223. The standard InChI is InChI=1S/C15H21N3O4S.ClH/c19-15(17-7-5-16-6-8-17)13-3-1-2-4-14(13)23(20,21)18-9-11-22-12-10-18;/h1-4,16H,5-12H2;1H. The second kappa shape index (κ2) is 8.26. The van der Waals surface area contributed by atoms with Crippen LogP contribution in [0.25, 0.3) is 0 Å². The normalized spacial score (nSPS) is 19.6. The first-order valence-electron chi connectivity index (χ1n) is 7.77. The Morgan fingerprint density at radius 1 is 1.04 bits per heavy atom. The molecule has 24 heavy (non-hydrogen) atoms. The maximum Gasteiger partial charge on any atom is 0.255 e. The quantitative estimate of drug-likeness (QED) is 0.815. The lowest BCUT2D eigenvalue weighted by Crippen LogP contribution is -2.47. The number of hydrogen-bond donors (Lipinski definition) is 1. The van der Waals surface area contributed by atoms with E-state index in [1.807, 2.05) is 0 Å².